The van der Waals surface area contributed by atoms with Crippen LogP contribution in [0.5, 0.6) is 0 Å². The van der Waals surface area contributed by atoms with Crippen LogP contribution in [0.2, 0.25) is 5.02 Å². The molecule has 160 valence electrons. The van der Waals surface area contributed by atoms with E-state index in [1.807, 2.05) is 13.0 Å². The summed E-state index contributed by atoms with van der Waals surface area (Å²) in [5.74, 6) is -0.478. The first kappa shape index (κ1) is 22.7. The third kappa shape index (κ3) is 4.68. The highest BCUT2D eigenvalue weighted by Gasteiger charge is 2.31. The average molecular weight is 434 g/mol. The predicted octanol–water partition coefficient (Wildman–Crippen LogP) is 6.61. The molecule has 1 aliphatic rings. The maximum absolute atomic E-state index is 12.7. The van der Waals surface area contributed by atoms with Crippen molar-refractivity contribution in [2.75, 3.05) is 16.8 Å². The Labute approximate surface area is 189 Å². The van der Waals surface area contributed by atoms with Gasteiger partial charge in [0.05, 0.1) is 16.2 Å². The van der Waals surface area contributed by atoms with E-state index in [0.717, 1.165) is 29.7 Å². The Morgan fingerprint density at radius 3 is 2.61 bits per heavy atom. The summed E-state index contributed by atoms with van der Waals surface area (Å²) in [4.78, 5) is 15.1. The molecule has 0 saturated carbocycles. The van der Waals surface area contributed by atoms with E-state index >= 15 is 0 Å². The number of amides is 1. The van der Waals surface area contributed by atoms with Crippen molar-refractivity contribution in [2.45, 2.75) is 46.6 Å². The molecule has 0 saturated heterocycles. The molecule has 0 fully saturated rings. The van der Waals surface area contributed by atoms with Gasteiger partial charge in [-0.1, -0.05) is 36.7 Å². The molecule has 0 unspecified atom stereocenters. The topological polar surface area (TPSA) is 56.1 Å². The summed E-state index contributed by atoms with van der Waals surface area (Å²) in [6.45, 7) is 11.7. The van der Waals surface area contributed by atoms with E-state index in [1.165, 1.54) is 11.3 Å². The molecule has 3 rings (SSSR count). The second kappa shape index (κ2) is 8.99. The number of benzene rings is 2. The number of allylic oxidation sites excluding steroid dienone is 1. The molecule has 5 heteroatoms. The Hall–Kier alpha value is -3.03. The van der Waals surface area contributed by atoms with E-state index in [1.54, 1.807) is 30.3 Å². The lowest BCUT2D eigenvalue weighted by Gasteiger charge is -2.43. The minimum absolute atomic E-state index is 0.0335. The van der Waals surface area contributed by atoms with Gasteiger partial charge in [-0.3, -0.25) is 4.79 Å². The zero-order valence-electron chi connectivity index (χ0n) is 18.7. The molecule has 0 aromatic heterocycles. The number of para-hydroxylation sites is 1. The molecule has 1 amide bonds. The highest BCUT2D eigenvalue weighted by Crippen LogP contribution is 2.40. The molecule has 2 aromatic rings. The van der Waals surface area contributed by atoms with Crippen molar-refractivity contribution < 1.29 is 4.79 Å². The van der Waals surface area contributed by atoms with Crippen LogP contribution in [0.25, 0.3) is 11.6 Å². The average Bonchev–Trinajstić information content (AvgIpc) is 2.71. The summed E-state index contributed by atoms with van der Waals surface area (Å²) in [7, 11) is 0. The summed E-state index contributed by atoms with van der Waals surface area (Å²) in [6, 6.07) is 13.2. The zero-order valence-corrected chi connectivity index (χ0v) is 19.5. The van der Waals surface area contributed by atoms with Gasteiger partial charge in [-0.25, -0.2) is 0 Å². The molecule has 0 bridgehead atoms. The third-order valence-electron chi connectivity index (χ3n) is 5.60. The van der Waals surface area contributed by atoms with Gasteiger partial charge in [-0.05, 0) is 81.2 Å². The monoisotopic (exact) mass is 433 g/mol. The van der Waals surface area contributed by atoms with Gasteiger partial charge < -0.3 is 10.2 Å². The van der Waals surface area contributed by atoms with Gasteiger partial charge in [0.2, 0.25) is 0 Å². The fraction of sp³-hybridized carbons (Fsp3) is 0.308. The van der Waals surface area contributed by atoms with E-state index in [2.05, 4.69) is 56.1 Å². The number of nitrogens with one attached hydrogen (secondary N) is 1. The van der Waals surface area contributed by atoms with Crippen LogP contribution >= 0.6 is 11.6 Å². The van der Waals surface area contributed by atoms with Crippen molar-refractivity contribution in [2.24, 2.45) is 0 Å². The number of fused-ring (bicyclic) bond motifs is 1. The quantitative estimate of drug-likeness (QED) is 0.426. The van der Waals surface area contributed by atoms with Crippen LogP contribution < -0.4 is 10.2 Å². The number of anilines is 2. The van der Waals surface area contributed by atoms with Crippen molar-refractivity contribution >= 4 is 40.5 Å². The van der Waals surface area contributed by atoms with E-state index in [-0.39, 0.29) is 11.1 Å². The number of nitriles is 1. The first-order chi connectivity index (χ1) is 14.7. The molecular formula is C26H28ClN3O. The number of nitrogens with zero attached hydrogens (tertiary/aromatic N) is 2. The van der Waals surface area contributed by atoms with Crippen molar-refractivity contribution in [1.29, 1.82) is 5.26 Å². The minimum Gasteiger partial charge on any atom is -0.362 e. The lowest BCUT2D eigenvalue weighted by molar-refractivity contribution is -0.112. The van der Waals surface area contributed by atoms with Crippen molar-refractivity contribution in [3.8, 4) is 6.07 Å². The number of carbonyl (C=O) groups excluding carboxylic acids is 1. The minimum atomic E-state index is -0.478. The molecule has 0 aliphatic carbocycles. The standard InChI is InChI=1S/C26H28ClN3O/c1-6-11-30-24-12-17(2)19(14-21(24)18(3)15-26(30,4)5)13-20(16-28)25(31)29-23-10-8-7-9-22(23)27/h7-10,12-15H,6,11H2,1-5H3,(H,29,31)/b20-13+. The molecule has 4 nitrogen and oxygen atoms in total. The number of hydrogen-bond donors (Lipinski definition) is 1. The van der Waals surface area contributed by atoms with Gasteiger partial charge in [0, 0.05) is 17.8 Å². The lowest BCUT2D eigenvalue weighted by atomic mass is 9.86. The Balaban J connectivity index is 2.01. The summed E-state index contributed by atoms with van der Waals surface area (Å²) in [5, 5.41) is 12.8. The van der Waals surface area contributed by atoms with Gasteiger partial charge >= 0.3 is 0 Å². The van der Waals surface area contributed by atoms with E-state index in [0.29, 0.717) is 10.7 Å². The number of aryl methyl sites for hydroxylation is 1. The van der Waals surface area contributed by atoms with Gasteiger partial charge in [-0.15, -0.1) is 0 Å². The van der Waals surface area contributed by atoms with Crippen LogP contribution in [0, 0.1) is 18.3 Å². The summed E-state index contributed by atoms with van der Waals surface area (Å²) in [6.07, 6.45) is 4.99. The van der Waals surface area contributed by atoms with Gasteiger partial charge in [0.15, 0.2) is 0 Å². The molecule has 2 aromatic carbocycles. The molecule has 1 heterocycles. The maximum Gasteiger partial charge on any atom is 0.266 e. The Bertz CT molecular complexity index is 1120. The Morgan fingerprint density at radius 2 is 1.97 bits per heavy atom. The largest absolute Gasteiger partial charge is 0.362 e. The van der Waals surface area contributed by atoms with Gasteiger partial charge in [0.25, 0.3) is 5.91 Å². The first-order valence-corrected chi connectivity index (χ1v) is 10.9. The summed E-state index contributed by atoms with van der Waals surface area (Å²) < 4.78 is 0. The molecule has 1 N–H and O–H groups in total. The number of halogens is 1. The molecular weight excluding hydrogens is 406 g/mol. The normalized spacial score (nSPS) is 15.1. The van der Waals surface area contributed by atoms with Crippen LogP contribution in [0.15, 0.2) is 48.0 Å². The molecule has 0 spiro atoms. The van der Waals surface area contributed by atoms with Crippen LogP contribution in [0.4, 0.5) is 11.4 Å². The smallest absolute Gasteiger partial charge is 0.266 e. The van der Waals surface area contributed by atoms with Gasteiger partial charge in [0.1, 0.15) is 11.6 Å². The second-order valence-corrected chi connectivity index (χ2v) is 8.87. The van der Waals surface area contributed by atoms with Crippen LogP contribution in [0.3, 0.4) is 0 Å². The third-order valence-corrected chi connectivity index (χ3v) is 5.93. The van der Waals surface area contributed by atoms with Crippen molar-refractivity contribution in [3.63, 3.8) is 0 Å². The fourth-order valence-corrected chi connectivity index (χ4v) is 4.27. The predicted molar refractivity (Wildman–Crippen MR) is 130 cm³/mol. The number of hydrogen-bond acceptors (Lipinski definition) is 3. The second-order valence-electron chi connectivity index (χ2n) is 8.46. The molecule has 31 heavy (non-hydrogen) atoms. The molecule has 0 radical (unpaired) electrons. The van der Waals surface area contributed by atoms with E-state index < -0.39 is 5.91 Å². The molecule has 0 atom stereocenters. The number of rotatable bonds is 5. The number of carbonyl (C=O) groups is 1. The first-order valence-electron chi connectivity index (χ1n) is 10.5. The van der Waals surface area contributed by atoms with Crippen LogP contribution in [-0.4, -0.2) is 18.0 Å². The Kier molecular flexibility index (Phi) is 6.57. The highest BCUT2D eigenvalue weighted by atomic mass is 35.5. The zero-order chi connectivity index (χ0) is 22.8. The van der Waals surface area contributed by atoms with Crippen molar-refractivity contribution in [1.82, 2.24) is 0 Å². The SMILES string of the molecule is CCCN1c2cc(C)c(/C=C(\C#N)C(=O)Nc3ccccc3Cl)cc2C(C)=CC1(C)C. The molecule has 1 aliphatic heterocycles. The van der Waals surface area contributed by atoms with Gasteiger partial charge in [-0.2, -0.15) is 5.26 Å². The van der Waals surface area contributed by atoms with Crippen LogP contribution in [-0.2, 0) is 4.79 Å². The maximum atomic E-state index is 12.7. The lowest BCUT2D eigenvalue weighted by Crippen LogP contribution is -2.45. The summed E-state index contributed by atoms with van der Waals surface area (Å²) in [5.41, 5.74) is 5.84. The van der Waals surface area contributed by atoms with E-state index in [4.69, 9.17) is 11.6 Å². The summed E-state index contributed by atoms with van der Waals surface area (Å²) >= 11 is 6.13. The fourth-order valence-electron chi connectivity index (χ4n) is 4.09. The Morgan fingerprint density at radius 1 is 1.26 bits per heavy atom. The van der Waals surface area contributed by atoms with Crippen LogP contribution in [0.1, 0.15) is 50.8 Å². The highest BCUT2D eigenvalue weighted by molar-refractivity contribution is 6.34. The van der Waals surface area contributed by atoms with E-state index in [9.17, 15) is 10.1 Å². The van der Waals surface area contributed by atoms with Crippen molar-refractivity contribution in [3.05, 3.63) is 69.8 Å².